The number of nitrogens with zero attached hydrogens (tertiary/aromatic N) is 2. The van der Waals surface area contributed by atoms with Crippen molar-refractivity contribution in [2.75, 3.05) is 53.3 Å². The van der Waals surface area contributed by atoms with Crippen molar-refractivity contribution in [2.24, 2.45) is 4.99 Å². The molecule has 0 radical (unpaired) electrons. The monoisotopic (exact) mass is 542 g/mol. The minimum absolute atomic E-state index is 0. The molecular weight excluding hydrogens is 511 g/mol. The van der Waals surface area contributed by atoms with Crippen molar-refractivity contribution in [3.05, 3.63) is 17.7 Å². The summed E-state index contributed by atoms with van der Waals surface area (Å²) in [5.41, 5.74) is 0.897. The molecule has 29 heavy (non-hydrogen) atoms. The largest absolute Gasteiger partial charge is 0.493 e. The Kier molecular flexibility index (Phi) is 10.8. The number of hydrogen-bond acceptors (Lipinski definition) is 6. The van der Waals surface area contributed by atoms with Gasteiger partial charge in [0.05, 0.1) is 33.6 Å². The fourth-order valence-electron chi connectivity index (χ4n) is 2.98. The van der Waals surface area contributed by atoms with E-state index in [9.17, 15) is 8.42 Å². The van der Waals surface area contributed by atoms with Gasteiger partial charge in [-0.3, -0.25) is 0 Å². The molecule has 1 aromatic carbocycles. The van der Waals surface area contributed by atoms with Crippen LogP contribution in [0.3, 0.4) is 0 Å². The first-order valence-corrected chi connectivity index (χ1v) is 10.8. The van der Waals surface area contributed by atoms with E-state index in [0.29, 0.717) is 62.4 Å². The second-order valence-electron chi connectivity index (χ2n) is 6.22. The average molecular weight is 542 g/mol. The summed E-state index contributed by atoms with van der Waals surface area (Å²) in [7, 11) is 1.62. The van der Waals surface area contributed by atoms with Crippen molar-refractivity contribution in [3.63, 3.8) is 0 Å². The molecule has 9 nitrogen and oxygen atoms in total. The Hall–Kier alpha value is -1.47. The van der Waals surface area contributed by atoms with Gasteiger partial charge >= 0.3 is 0 Å². The molecule has 0 aromatic heterocycles. The summed E-state index contributed by atoms with van der Waals surface area (Å²) in [5.74, 6) is 2.54. The topological polar surface area (TPSA) is 101 Å². The quantitative estimate of drug-likeness (QED) is 0.277. The number of aliphatic imine (C=N–C) groups is 1. The molecule has 0 unspecified atom stereocenters. The van der Waals surface area contributed by atoms with E-state index in [0.717, 1.165) is 5.56 Å². The normalized spacial score (nSPS) is 16.1. The Morgan fingerprint density at radius 2 is 1.79 bits per heavy atom. The molecule has 2 rings (SSSR count). The van der Waals surface area contributed by atoms with E-state index < -0.39 is 10.0 Å². The van der Waals surface area contributed by atoms with Gasteiger partial charge in [0.2, 0.25) is 15.8 Å². The van der Waals surface area contributed by atoms with Gasteiger partial charge in [-0.15, -0.1) is 24.0 Å². The third-order valence-corrected chi connectivity index (χ3v) is 6.30. The first-order chi connectivity index (χ1) is 13.4. The molecular formula is C18H31IN4O5S. The van der Waals surface area contributed by atoms with Gasteiger partial charge in [0.25, 0.3) is 0 Å². The second-order valence-corrected chi connectivity index (χ2v) is 8.31. The first kappa shape index (κ1) is 25.6. The predicted molar refractivity (Wildman–Crippen MR) is 124 cm³/mol. The van der Waals surface area contributed by atoms with Crippen LogP contribution in [-0.2, 0) is 16.6 Å². The van der Waals surface area contributed by atoms with Gasteiger partial charge in [-0.2, -0.15) is 0 Å². The van der Waals surface area contributed by atoms with Crippen LogP contribution < -0.4 is 24.8 Å². The molecule has 1 aliphatic rings. The molecule has 0 amide bonds. The Labute approximate surface area is 190 Å². The molecule has 166 valence electrons. The van der Waals surface area contributed by atoms with Crippen molar-refractivity contribution >= 4 is 40.0 Å². The molecule has 0 spiro atoms. The maximum atomic E-state index is 11.9. The van der Waals surface area contributed by atoms with E-state index in [-0.39, 0.29) is 29.7 Å². The first-order valence-electron chi connectivity index (χ1n) is 9.24. The van der Waals surface area contributed by atoms with Gasteiger partial charge in [-0.05, 0) is 31.0 Å². The molecule has 0 aliphatic carbocycles. The summed E-state index contributed by atoms with van der Waals surface area (Å²) in [5, 5.41) is 6.34. The lowest BCUT2D eigenvalue weighted by Crippen LogP contribution is -2.42. The van der Waals surface area contributed by atoms with E-state index in [1.54, 1.807) is 21.3 Å². The van der Waals surface area contributed by atoms with E-state index in [1.165, 1.54) is 4.31 Å². The number of guanidine groups is 1. The summed E-state index contributed by atoms with van der Waals surface area (Å²) >= 11 is 0. The number of benzene rings is 1. The number of methoxy groups -OCH3 is 3. The number of hydrogen-bond donors (Lipinski definition) is 2. The van der Waals surface area contributed by atoms with Crippen LogP contribution in [0, 0.1) is 0 Å². The van der Waals surface area contributed by atoms with Crippen molar-refractivity contribution < 1.29 is 22.6 Å². The van der Waals surface area contributed by atoms with Crippen LogP contribution in [-0.4, -0.2) is 71.9 Å². The summed E-state index contributed by atoms with van der Waals surface area (Å²) in [6.07, 6.45) is 0.692. The lowest BCUT2D eigenvalue weighted by molar-refractivity contribution is 0.324. The van der Waals surface area contributed by atoms with Crippen LogP contribution in [0.25, 0.3) is 0 Å². The van der Waals surface area contributed by atoms with E-state index in [4.69, 9.17) is 14.2 Å². The average Bonchev–Trinajstić information content (AvgIpc) is 3.03. The summed E-state index contributed by atoms with van der Waals surface area (Å²) in [6.45, 7) is 4.57. The number of halogens is 1. The highest BCUT2D eigenvalue weighted by Crippen LogP contribution is 2.38. The lowest BCUT2D eigenvalue weighted by atomic mass is 10.2. The lowest BCUT2D eigenvalue weighted by Gasteiger charge is -2.17. The van der Waals surface area contributed by atoms with Crippen molar-refractivity contribution in [2.45, 2.75) is 19.9 Å². The van der Waals surface area contributed by atoms with Crippen LogP contribution in [0.1, 0.15) is 18.9 Å². The second kappa shape index (κ2) is 12.3. The van der Waals surface area contributed by atoms with Gasteiger partial charge < -0.3 is 24.8 Å². The molecule has 0 bridgehead atoms. The van der Waals surface area contributed by atoms with Gasteiger partial charge in [-0.1, -0.05) is 0 Å². The predicted octanol–water partition coefficient (Wildman–Crippen LogP) is 1.42. The molecule has 1 saturated heterocycles. The van der Waals surface area contributed by atoms with Gasteiger partial charge in [-0.25, -0.2) is 17.7 Å². The molecule has 0 atom stereocenters. The van der Waals surface area contributed by atoms with E-state index in [2.05, 4.69) is 15.6 Å². The van der Waals surface area contributed by atoms with Crippen LogP contribution in [0.5, 0.6) is 17.2 Å². The zero-order valence-electron chi connectivity index (χ0n) is 17.4. The number of rotatable bonds is 9. The molecule has 11 heteroatoms. The van der Waals surface area contributed by atoms with Crippen molar-refractivity contribution in [3.8, 4) is 17.2 Å². The van der Waals surface area contributed by atoms with E-state index >= 15 is 0 Å². The molecule has 1 fully saturated rings. The third-order valence-electron chi connectivity index (χ3n) is 4.35. The van der Waals surface area contributed by atoms with Gasteiger partial charge in [0.1, 0.15) is 0 Å². The smallest absolute Gasteiger partial charge is 0.214 e. The minimum atomic E-state index is -3.08. The highest BCUT2D eigenvalue weighted by molar-refractivity contribution is 14.0. The fraction of sp³-hybridized carbons (Fsp3) is 0.611. The van der Waals surface area contributed by atoms with Crippen LogP contribution in [0.2, 0.25) is 0 Å². The summed E-state index contributed by atoms with van der Waals surface area (Å²) in [4.78, 5) is 4.57. The number of ether oxygens (including phenoxy) is 3. The van der Waals surface area contributed by atoms with Crippen LogP contribution in [0.4, 0.5) is 0 Å². The van der Waals surface area contributed by atoms with Crippen LogP contribution in [0.15, 0.2) is 17.1 Å². The Balaban J connectivity index is 0.00000420. The Morgan fingerprint density at radius 3 is 2.28 bits per heavy atom. The molecule has 1 aromatic rings. The summed E-state index contributed by atoms with van der Waals surface area (Å²) in [6, 6.07) is 3.70. The Bertz CT molecular complexity index is 763. The zero-order chi connectivity index (χ0) is 20.6. The third kappa shape index (κ3) is 7.07. The zero-order valence-corrected chi connectivity index (χ0v) is 20.5. The van der Waals surface area contributed by atoms with Gasteiger partial charge in [0.15, 0.2) is 17.5 Å². The Morgan fingerprint density at radius 1 is 1.14 bits per heavy atom. The highest BCUT2D eigenvalue weighted by Gasteiger charge is 2.27. The molecule has 2 N–H and O–H groups in total. The van der Waals surface area contributed by atoms with Crippen molar-refractivity contribution in [1.82, 2.24) is 14.9 Å². The number of nitrogens with one attached hydrogen (secondary N) is 2. The number of sulfonamides is 1. The molecule has 1 heterocycles. The van der Waals surface area contributed by atoms with Crippen LogP contribution >= 0.6 is 24.0 Å². The molecule has 0 saturated carbocycles. The van der Waals surface area contributed by atoms with E-state index in [1.807, 2.05) is 19.1 Å². The molecule has 1 aliphatic heterocycles. The minimum Gasteiger partial charge on any atom is -0.493 e. The maximum Gasteiger partial charge on any atom is 0.214 e. The van der Waals surface area contributed by atoms with Gasteiger partial charge in [0, 0.05) is 26.2 Å². The SMILES string of the molecule is CCNC(=NCc1cc(OC)c(OC)c(OC)c1)NCCN1CCCS1(=O)=O.I. The maximum absolute atomic E-state index is 11.9. The van der Waals surface area contributed by atoms with Crippen molar-refractivity contribution in [1.29, 1.82) is 0 Å². The fourth-order valence-corrected chi connectivity index (χ4v) is 4.51. The standard InChI is InChI=1S/C18H30N4O5S.HI/c1-5-19-18(20-7-9-22-8-6-10-28(22,23)24)21-13-14-11-15(25-2)17(27-4)16(12-14)26-3;/h11-12H,5-10,13H2,1-4H3,(H2,19,20,21);1H. The highest BCUT2D eigenvalue weighted by atomic mass is 127. The summed E-state index contributed by atoms with van der Waals surface area (Å²) < 4.78 is 41.3.